The number of nitrogens with zero attached hydrogens (tertiary/aromatic N) is 4. The lowest BCUT2D eigenvalue weighted by molar-refractivity contribution is -0.135. The molecule has 166 valence electrons. The van der Waals surface area contributed by atoms with E-state index in [2.05, 4.69) is 20.4 Å². The van der Waals surface area contributed by atoms with Crippen molar-refractivity contribution in [3.63, 3.8) is 0 Å². The number of rotatable bonds is 7. The molecular formula is C22H29N5O4. The number of carbonyl (C=O) groups is 2. The second-order valence-corrected chi connectivity index (χ2v) is 8.10. The van der Waals surface area contributed by atoms with E-state index in [9.17, 15) is 9.59 Å². The highest BCUT2D eigenvalue weighted by Gasteiger charge is 2.25. The molecule has 0 spiro atoms. The summed E-state index contributed by atoms with van der Waals surface area (Å²) >= 11 is 0. The average molecular weight is 428 g/mol. The van der Waals surface area contributed by atoms with Gasteiger partial charge in [0.1, 0.15) is 5.75 Å². The van der Waals surface area contributed by atoms with Gasteiger partial charge in [-0.1, -0.05) is 18.0 Å². The fourth-order valence-corrected chi connectivity index (χ4v) is 4.13. The Kier molecular flexibility index (Phi) is 6.81. The minimum Gasteiger partial charge on any atom is -0.497 e. The van der Waals surface area contributed by atoms with Crippen molar-refractivity contribution >= 4 is 11.8 Å². The number of piperazine rings is 1. The third-order valence-electron chi connectivity index (χ3n) is 6.04. The van der Waals surface area contributed by atoms with Crippen molar-refractivity contribution in [1.82, 2.24) is 25.3 Å². The molecule has 0 unspecified atom stereocenters. The lowest BCUT2D eigenvalue weighted by atomic mass is 10.1. The van der Waals surface area contributed by atoms with Gasteiger partial charge in [0.2, 0.25) is 23.5 Å². The van der Waals surface area contributed by atoms with Crippen LogP contribution in [-0.4, -0.2) is 71.6 Å². The SMILES string of the molecule is COc1ccc(-c2noc(CN3CCN(C(=O)CNC(=O)C4CCCC4)CC3)n2)cc1. The van der Waals surface area contributed by atoms with Crippen LogP contribution in [0.1, 0.15) is 31.6 Å². The Morgan fingerprint density at radius 3 is 2.52 bits per heavy atom. The molecule has 31 heavy (non-hydrogen) atoms. The quantitative estimate of drug-likeness (QED) is 0.718. The Bertz CT molecular complexity index is 884. The van der Waals surface area contributed by atoms with Crippen LogP contribution in [-0.2, 0) is 16.1 Å². The summed E-state index contributed by atoms with van der Waals surface area (Å²) in [7, 11) is 1.63. The molecule has 1 aromatic heterocycles. The Balaban J connectivity index is 1.21. The second kappa shape index (κ2) is 9.91. The van der Waals surface area contributed by atoms with E-state index in [1.807, 2.05) is 29.2 Å². The maximum Gasteiger partial charge on any atom is 0.242 e. The molecule has 1 saturated heterocycles. The van der Waals surface area contributed by atoms with Gasteiger partial charge in [-0.05, 0) is 37.1 Å². The van der Waals surface area contributed by atoms with Crippen LogP contribution in [0.3, 0.4) is 0 Å². The highest BCUT2D eigenvalue weighted by atomic mass is 16.5. The number of methoxy groups -OCH3 is 1. The summed E-state index contributed by atoms with van der Waals surface area (Å²) in [6.45, 7) is 3.33. The first-order valence-corrected chi connectivity index (χ1v) is 10.9. The van der Waals surface area contributed by atoms with Crippen LogP contribution in [0.25, 0.3) is 11.4 Å². The Morgan fingerprint density at radius 1 is 1.13 bits per heavy atom. The Labute approximate surface area is 181 Å². The molecular weight excluding hydrogens is 398 g/mol. The maximum absolute atomic E-state index is 12.4. The molecule has 2 fully saturated rings. The minimum absolute atomic E-state index is 0.0218. The highest BCUT2D eigenvalue weighted by molar-refractivity contribution is 5.86. The van der Waals surface area contributed by atoms with Crippen molar-refractivity contribution in [2.45, 2.75) is 32.2 Å². The van der Waals surface area contributed by atoms with Gasteiger partial charge < -0.3 is 19.5 Å². The second-order valence-electron chi connectivity index (χ2n) is 8.10. The third kappa shape index (κ3) is 5.41. The Hall–Kier alpha value is -2.94. The van der Waals surface area contributed by atoms with Crippen molar-refractivity contribution in [1.29, 1.82) is 0 Å². The lowest BCUT2D eigenvalue weighted by Gasteiger charge is -2.34. The number of amides is 2. The van der Waals surface area contributed by atoms with Gasteiger partial charge in [-0.15, -0.1) is 0 Å². The van der Waals surface area contributed by atoms with Gasteiger partial charge in [-0.25, -0.2) is 0 Å². The van der Waals surface area contributed by atoms with Crippen molar-refractivity contribution in [2.24, 2.45) is 5.92 Å². The van der Waals surface area contributed by atoms with Crippen molar-refractivity contribution in [3.8, 4) is 17.1 Å². The lowest BCUT2D eigenvalue weighted by Crippen LogP contribution is -2.51. The summed E-state index contributed by atoms with van der Waals surface area (Å²) in [6.07, 6.45) is 4.09. The van der Waals surface area contributed by atoms with Gasteiger partial charge in [0.05, 0.1) is 20.2 Å². The van der Waals surface area contributed by atoms with E-state index in [0.29, 0.717) is 31.3 Å². The molecule has 1 aliphatic carbocycles. The number of ether oxygens (including phenoxy) is 1. The van der Waals surface area contributed by atoms with E-state index in [4.69, 9.17) is 9.26 Å². The van der Waals surface area contributed by atoms with Crippen molar-refractivity contribution < 1.29 is 18.8 Å². The monoisotopic (exact) mass is 427 g/mol. The molecule has 1 N–H and O–H groups in total. The molecule has 0 bridgehead atoms. The number of nitrogens with one attached hydrogen (secondary N) is 1. The molecule has 4 rings (SSSR count). The Morgan fingerprint density at radius 2 is 1.84 bits per heavy atom. The van der Waals surface area contributed by atoms with E-state index in [-0.39, 0.29) is 24.3 Å². The molecule has 0 radical (unpaired) electrons. The average Bonchev–Trinajstić information content (AvgIpc) is 3.50. The first-order valence-electron chi connectivity index (χ1n) is 10.9. The van der Waals surface area contributed by atoms with Gasteiger partial charge in [0.25, 0.3) is 0 Å². The largest absolute Gasteiger partial charge is 0.497 e. The standard InChI is InChI=1S/C22H29N5O4/c1-30-18-8-6-16(7-9-18)21-24-19(31-25-21)15-26-10-12-27(13-11-26)20(28)14-23-22(29)17-4-2-3-5-17/h6-9,17H,2-5,10-15H2,1H3,(H,23,29). The van der Waals surface area contributed by atoms with Gasteiger partial charge in [-0.2, -0.15) is 4.98 Å². The normalized spacial score (nSPS) is 17.6. The first kappa shape index (κ1) is 21.3. The number of aromatic nitrogens is 2. The van der Waals surface area contributed by atoms with Gasteiger partial charge >= 0.3 is 0 Å². The number of hydrogen-bond donors (Lipinski definition) is 1. The van der Waals surface area contributed by atoms with Crippen LogP contribution < -0.4 is 10.1 Å². The zero-order chi connectivity index (χ0) is 21.6. The molecule has 1 aromatic carbocycles. The van der Waals surface area contributed by atoms with E-state index in [1.165, 1.54) is 0 Å². The zero-order valence-electron chi connectivity index (χ0n) is 17.9. The van der Waals surface area contributed by atoms with Crippen LogP contribution in [0.5, 0.6) is 5.75 Å². The van der Waals surface area contributed by atoms with Gasteiger partial charge in [0, 0.05) is 37.7 Å². The summed E-state index contributed by atoms with van der Waals surface area (Å²) in [5.41, 5.74) is 0.867. The zero-order valence-corrected chi connectivity index (χ0v) is 17.9. The fraction of sp³-hybridized carbons (Fsp3) is 0.545. The number of benzene rings is 1. The highest BCUT2D eigenvalue weighted by Crippen LogP contribution is 2.24. The van der Waals surface area contributed by atoms with E-state index >= 15 is 0 Å². The van der Waals surface area contributed by atoms with E-state index < -0.39 is 0 Å². The summed E-state index contributed by atoms with van der Waals surface area (Å²) < 4.78 is 10.6. The molecule has 2 heterocycles. The van der Waals surface area contributed by atoms with Gasteiger partial charge in [-0.3, -0.25) is 14.5 Å². The molecule has 2 aromatic rings. The van der Waals surface area contributed by atoms with Crippen LogP contribution in [0.2, 0.25) is 0 Å². The first-order chi connectivity index (χ1) is 15.1. The van der Waals surface area contributed by atoms with Crippen LogP contribution in [0.4, 0.5) is 0 Å². The summed E-state index contributed by atoms with van der Waals surface area (Å²) in [5.74, 6) is 1.96. The fourth-order valence-electron chi connectivity index (χ4n) is 4.13. The molecule has 0 atom stereocenters. The third-order valence-corrected chi connectivity index (χ3v) is 6.04. The summed E-state index contributed by atoms with van der Waals surface area (Å²) in [5, 5.41) is 6.88. The van der Waals surface area contributed by atoms with Gasteiger partial charge in [0.15, 0.2) is 0 Å². The molecule has 9 nitrogen and oxygen atoms in total. The number of carbonyl (C=O) groups excluding carboxylic acids is 2. The van der Waals surface area contributed by atoms with Crippen molar-refractivity contribution in [3.05, 3.63) is 30.2 Å². The van der Waals surface area contributed by atoms with Crippen LogP contribution >= 0.6 is 0 Å². The molecule has 2 aliphatic rings. The molecule has 1 saturated carbocycles. The van der Waals surface area contributed by atoms with E-state index in [1.54, 1.807) is 7.11 Å². The van der Waals surface area contributed by atoms with E-state index in [0.717, 1.165) is 50.1 Å². The minimum atomic E-state index is -0.0226. The molecule has 1 aliphatic heterocycles. The molecule has 2 amide bonds. The number of hydrogen-bond acceptors (Lipinski definition) is 7. The van der Waals surface area contributed by atoms with Crippen LogP contribution in [0, 0.1) is 5.92 Å². The smallest absolute Gasteiger partial charge is 0.242 e. The molecule has 9 heteroatoms. The van der Waals surface area contributed by atoms with Crippen LogP contribution in [0.15, 0.2) is 28.8 Å². The topological polar surface area (TPSA) is 101 Å². The summed E-state index contributed by atoms with van der Waals surface area (Å²) in [4.78, 5) is 33.0. The maximum atomic E-state index is 12.4. The van der Waals surface area contributed by atoms with Crippen molar-refractivity contribution in [2.75, 3.05) is 39.8 Å². The predicted octanol–water partition coefficient (Wildman–Crippen LogP) is 1.70. The summed E-state index contributed by atoms with van der Waals surface area (Å²) in [6, 6.07) is 7.50. The predicted molar refractivity (Wildman–Crippen MR) is 113 cm³/mol.